The Bertz CT molecular complexity index is 440. The van der Waals surface area contributed by atoms with E-state index in [0.717, 1.165) is 29.7 Å². The number of hydrogen-bond acceptors (Lipinski definition) is 4. The molecule has 0 aliphatic heterocycles. The molecule has 2 rings (SSSR count). The van der Waals surface area contributed by atoms with E-state index < -0.39 is 5.97 Å². The number of nitrogens with zero attached hydrogens (tertiary/aromatic N) is 2. The molecule has 1 saturated carbocycles. The minimum Gasteiger partial charge on any atom is -0.477 e. The number of carbonyl (C=O) groups is 1. The van der Waals surface area contributed by atoms with Crippen molar-refractivity contribution in [3.63, 3.8) is 0 Å². The van der Waals surface area contributed by atoms with Crippen LogP contribution < -0.4 is 4.90 Å². The zero-order chi connectivity index (χ0) is 13.3. The first-order valence-electron chi connectivity index (χ1n) is 6.48. The second-order valence-electron chi connectivity index (χ2n) is 5.15. The predicted octanol–water partition coefficient (Wildman–Crippen LogP) is 3.20. The Balaban J connectivity index is 2.22. The maximum absolute atomic E-state index is 11.3. The Hall–Kier alpha value is -1.10. The van der Waals surface area contributed by atoms with Crippen LogP contribution in [-0.4, -0.2) is 29.7 Å². The Morgan fingerprint density at radius 3 is 2.78 bits per heavy atom. The van der Waals surface area contributed by atoms with Gasteiger partial charge in [0, 0.05) is 13.6 Å². The van der Waals surface area contributed by atoms with Crippen LogP contribution in [0.2, 0.25) is 0 Å². The third-order valence-corrected chi connectivity index (χ3v) is 4.64. The van der Waals surface area contributed by atoms with Gasteiger partial charge in [-0.25, -0.2) is 9.78 Å². The molecule has 1 aromatic heterocycles. The third kappa shape index (κ3) is 2.83. The number of aromatic nitrogens is 1. The quantitative estimate of drug-likeness (QED) is 0.860. The van der Waals surface area contributed by atoms with E-state index in [9.17, 15) is 9.90 Å². The lowest BCUT2D eigenvalue weighted by atomic mass is 10.0. The number of carboxylic acid groups (broad SMARTS) is 1. The SMILES string of the molecule is CCC(C)c1nc(N(C)CC2CC2)sc1C(=O)O. The van der Waals surface area contributed by atoms with Gasteiger partial charge in [-0.3, -0.25) is 0 Å². The topological polar surface area (TPSA) is 53.4 Å². The number of rotatable bonds is 6. The molecule has 0 aromatic carbocycles. The minimum absolute atomic E-state index is 0.204. The highest BCUT2D eigenvalue weighted by Gasteiger charge is 2.26. The minimum atomic E-state index is -0.853. The monoisotopic (exact) mass is 268 g/mol. The molecule has 5 heteroatoms. The van der Waals surface area contributed by atoms with Crippen molar-refractivity contribution in [2.45, 2.75) is 39.0 Å². The fourth-order valence-electron chi connectivity index (χ4n) is 1.93. The summed E-state index contributed by atoms with van der Waals surface area (Å²) in [6, 6.07) is 0. The molecule has 1 heterocycles. The van der Waals surface area contributed by atoms with Crippen LogP contribution in [-0.2, 0) is 0 Å². The molecule has 1 unspecified atom stereocenters. The largest absolute Gasteiger partial charge is 0.477 e. The van der Waals surface area contributed by atoms with Crippen LogP contribution in [0.1, 0.15) is 54.4 Å². The zero-order valence-electron chi connectivity index (χ0n) is 11.1. The number of thiazole rings is 1. The molecule has 1 atom stereocenters. The van der Waals surface area contributed by atoms with Gasteiger partial charge < -0.3 is 10.0 Å². The van der Waals surface area contributed by atoms with Crippen LogP contribution in [0.25, 0.3) is 0 Å². The Morgan fingerprint density at radius 1 is 1.61 bits per heavy atom. The molecule has 1 aliphatic rings. The second-order valence-corrected chi connectivity index (χ2v) is 6.13. The molecule has 1 aliphatic carbocycles. The van der Waals surface area contributed by atoms with E-state index in [-0.39, 0.29) is 5.92 Å². The van der Waals surface area contributed by atoms with Crippen molar-refractivity contribution in [1.29, 1.82) is 0 Å². The van der Waals surface area contributed by atoms with Crippen molar-refractivity contribution >= 4 is 22.4 Å². The highest BCUT2D eigenvalue weighted by Crippen LogP contribution is 2.35. The van der Waals surface area contributed by atoms with Crippen molar-refractivity contribution in [3.8, 4) is 0 Å². The van der Waals surface area contributed by atoms with Gasteiger partial charge in [-0.15, -0.1) is 0 Å². The summed E-state index contributed by atoms with van der Waals surface area (Å²) in [6.07, 6.45) is 3.50. The van der Waals surface area contributed by atoms with E-state index >= 15 is 0 Å². The molecule has 4 nitrogen and oxygen atoms in total. The van der Waals surface area contributed by atoms with Crippen molar-refractivity contribution in [1.82, 2.24) is 4.98 Å². The molecule has 18 heavy (non-hydrogen) atoms. The lowest BCUT2D eigenvalue weighted by molar-refractivity contribution is 0.0700. The Kier molecular flexibility index (Phi) is 3.90. The molecule has 0 saturated heterocycles. The molecular weight excluding hydrogens is 248 g/mol. The lowest BCUT2D eigenvalue weighted by Crippen LogP contribution is -2.19. The molecule has 1 N–H and O–H groups in total. The molecule has 0 spiro atoms. The average molecular weight is 268 g/mol. The molecule has 0 radical (unpaired) electrons. The predicted molar refractivity (Wildman–Crippen MR) is 73.8 cm³/mol. The summed E-state index contributed by atoms with van der Waals surface area (Å²) in [6.45, 7) is 5.09. The maximum Gasteiger partial charge on any atom is 0.347 e. The van der Waals surface area contributed by atoms with Crippen molar-refractivity contribution < 1.29 is 9.90 Å². The highest BCUT2D eigenvalue weighted by atomic mass is 32.1. The molecule has 0 bridgehead atoms. The fourth-order valence-corrected chi connectivity index (χ4v) is 2.93. The summed E-state index contributed by atoms with van der Waals surface area (Å²) in [4.78, 5) is 18.3. The standard InChI is InChI=1S/C13H20N2O2S/c1-4-8(2)10-11(12(16)17)18-13(14-10)15(3)7-9-5-6-9/h8-9H,4-7H2,1-3H3,(H,16,17). The van der Waals surface area contributed by atoms with Crippen LogP contribution in [0, 0.1) is 5.92 Å². The van der Waals surface area contributed by atoms with Crippen LogP contribution in [0.5, 0.6) is 0 Å². The summed E-state index contributed by atoms with van der Waals surface area (Å²) in [7, 11) is 2.00. The van der Waals surface area contributed by atoms with Gasteiger partial charge in [0.15, 0.2) is 5.13 Å². The van der Waals surface area contributed by atoms with Crippen LogP contribution in [0.15, 0.2) is 0 Å². The third-order valence-electron chi connectivity index (χ3n) is 3.47. The first kappa shape index (κ1) is 13.3. The van der Waals surface area contributed by atoms with E-state index in [4.69, 9.17) is 0 Å². The molecule has 0 amide bonds. The normalized spacial score (nSPS) is 16.6. The summed E-state index contributed by atoms with van der Waals surface area (Å²) in [5.74, 6) is 0.128. The van der Waals surface area contributed by atoms with Gasteiger partial charge in [0.1, 0.15) is 4.88 Å². The number of aromatic carboxylic acids is 1. The maximum atomic E-state index is 11.3. The van der Waals surface area contributed by atoms with E-state index in [1.165, 1.54) is 24.2 Å². The summed E-state index contributed by atoms with van der Waals surface area (Å²) in [5, 5.41) is 10.1. The van der Waals surface area contributed by atoms with E-state index in [1.807, 2.05) is 14.0 Å². The average Bonchev–Trinajstić information content (AvgIpc) is 3.02. The molecule has 100 valence electrons. The first-order chi connectivity index (χ1) is 8.52. The number of anilines is 1. The van der Waals surface area contributed by atoms with Crippen LogP contribution in [0.3, 0.4) is 0 Å². The number of hydrogen-bond donors (Lipinski definition) is 1. The van der Waals surface area contributed by atoms with E-state index in [2.05, 4.69) is 16.8 Å². The van der Waals surface area contributed by atoms with Crippen LogP contribution in [0.4, 0.5) is 5.13 Å². The fraction of sp³-hybridized carbons (Fsp3) is 0.692. The first-order valence-corrected chi connectivity index (χ1v) is 7.29. The van der Waals surface area contributed by atoms with Gasteiger partial charge in [-0.2, -0.15) is 0 Å². The summed E-state index contributed by atoms with van der Waals surface area (Å²) < 4.78 is 0. The van der Waals surface area contributed by atoms with Gasteiger partial charge in [0.25, 0.3) is 0 Å². The highest BCUT2D eigenvalue weighted by molar-refractivity contribution is 7.17. The molecule has 1 aromatic rings. The Labute approximate surface area is 112 Å². The van der Waals surface area contributed by atoms with Crippen molar-refractivity contribution in [2.24, 2.45) is 5.92 Å². The second kappa shape index (κ2) is 5.26. The van der Waals surface area contributed by atoms with Gasteiger partial charge in [-0.05, 0) is 31.1 Å². The molecule has 1 fully saturated rings. The van der Waals surface area contributed by atoms with Crippen molar-refractivity contribution in [3.05, 3.63) is 10.6 Å². The van der Waals surface area contributed by atoms with Gasteiger partial charge >= 0.3 is 5.97 Å². The van der Waals surface area contributed by atoms with Crippen LogP contribution >= 0.6 is 11.3 Å². The molecular formula is C13H20N2O2S. The van der Waals surface area contributed by atoms with E-state index in [1.54, 1.807) is 0 Å². The zero-order valence-corrected chi connectivity index (χ0v) is 12.0. The van der Waals surface area contributed by atoms with Gasteiger partial charge in [-0.1, -0.05) is 25.2 Å². The smallest absolute Gasteiger partial charge is 0.347 e. The summed E-state index contributed by atoms with van der Waals surface area (Å²) in [5.41, 5.74) is 0.743. The van der Waals surface area contributed by atoms with E-state index in [0.29, 0.717) is 4.88 Å². The number of carboxylic acids is 1. The Morgan fingerprint density at radius 2 is 2.28 bits per heavy atom. The lowest BCUT2D eigenvalue weighted by Gasteiger charge is -2.14. The van der Waals surface area contributed by atoms with Gasteiger partial charge in [0.2, 0.25) is 0 Å². The van der Waals surface area contributed by atoms with Crippen molar-refractivity contribution in [2.75, 3.05) is 18.5 Å². The van der Waals surface area contributed by atoms with Gasteiger partial charge in [0.05, 0.1) is 5.69 Å². The summed E-state index contributed by atoms with van der Waals surface area (Å²) >= 11 is 1.30.